The first-order valence-corrected chi connectivity index (χ1v) is 4.63. The molecule has 0 aliphatic carbocycles. The second kappa shape index (κ2) is 3.47. The summed E-state index contributed by atoms with van der Waals surface area (Å²) < 4.78 is 0. The van der Waals surface area contributed by atoms with E-state index in [1.807, 2.05) is 0 Å². The van der Waals surface area contributed by atoms with E-state index in [9.17, 15) is 9.90 Å². The molecule has 0 atom stereocenters. The quantitative estimate of drug-likeness (QED) is 0.594. The Hall–Kier alpha value is -1.68. The summed E-state index contributed by atoms with van der Waals surface area (Å²) in [5, 5.41) is 10.1. The lowest BCUT2D eigenvalue weighted by molar-refractivity contribution is 0.100. The molecule has 1 aromatic carbocycles. The molecule has 0 saturated heterocycles. The second-order valence-electron chi connectivity index (χ2n) is 3.10. The van der Waals surface area contributed by atoms with Crippen molar-refractivity contribution in [3.8, 4) is 5.75 Å². The van der Waals surface area contributed by atoms with Crippen LogP contribution in [-0.4, -0.2) is 20.9 Å². The number of hydrogen-bond acceptors (Lipinski definition) is 4. The van der Waals surface area contributed by atoms with Crippen LogP contribution in [0, 0.1) is 0 Å². The summed E-state index contributed by atoms with van der Waals surface area (Å²) in [6, 6.07) is 4.54. The third-order valence-corrected chi connectivity index (χ3v) is 2.24. The highest BCUT2D eigenvalue weighted by Crippen LogP contribution is 2.23. The SMILES string of the molecule is CC(=O)c1nc(Cl)c2ccc(O)cc2n1. The van der Waals surface area contributed by atoms with Crippen LogP contribution in [0.15, 0.2) is 18.2 Å². The van der Waals surface area contributed by atoms with Crippen molar-refractivity contribution in [2.24, 2.45) is 0 Å². The maximum Gasteiger partial charge on any atom is 0.197 e. The highest BCUT2D eigenvalue weighted by molar-refractivity contribution is 6.34. The van der Waals surface area contributed by atoms with E-state index in [-0.39, 0.29) is 22.5 Å². The van der Waals surface area contributed by atoms with Gasteiger partial charge in [0, 0.05) is 18.4 Å². The largest absolute Gasteiger partial charge is 0.508 e. The number of carbonyl (C=O) groups is 1. The van der Waals surface area contributed by atoms with Crippen LogP contribution in [0.3, 0.4) is 0 Å². The smallest absolute Gasteiger partial charge is 0.197 e. The van der Waals surface area contributed by atoms with Gasteiger partial charge in [0.25, 0.3) is 0 Å². The maximum atomic E-state index is 11.1. The summed E-state index contributed by atoms with van der Waals surface area (Å²) in [5.74, 6) is -0.132. The van der Waals surface area contributed by atoms with Gasteiger partial charge in [0.15, 0.2) is 11.6 Å². The summed E-state index contributed by atoms with van der Waals surface area (Å²) in [6.07, 6.45) is 0. The van der Waals surface area contributed by atoms with Gasteiger partial charge in [-0.15, -0.1) is 0 Å². The molecule has 1 aromatic heterocycles. The Morgan fingerprint density at radius 3 is 2.80 bits per heavy atom. The fraction of sp³-hybridized carbons (Fsp3) is 0.100. The molecule has 0 aliphatic heterocycles. The Bertz CT molecular complexity index is 554. The van der Waals surface area contributed by atoms with Gasteiger partial charge >= 0.3 is 0 Å². The molecule has 0 bridgehead atoms. The van der Waals surface area contributed by atoms with Gasteiger partial charge in [0.05, 0.1) is 5.52 Å². The molecule has 2 aromatic rings. The van der Waals surface area contributed by atoms with Crippen molar-refractivity contribution in [1.29, 1.82) is 0 Å². The standard InChI is InChI=1S/C10H7ClN2O2/c1-5(14)10-12-8-4-6(15)2-3-7(8)9(11)13-10/h2-4,15H,1H3. The van der Waals surface area contributed by atoms with Crippen molar-refractivity contribution in [2.45, 2.75) is 6.92 Å². The van der Waals surface area contributed by atoms with Crippen LogP contribution in [0.2, 0.25) is 5.15 Å². The van der Waals surface area contributed by atoms with Crippen molar-refractivity contribution in [2.75, 3.05) is 0 Å². The minimum absolute atomic E-state index is 0.0538. The number of nitrogens with zero attached hydrogens (tertiary/aromatic N) is 2. The molecule has 0 saturated carbocycles. The number of Topliss-reactive ketones (excluding diaryl/α,β-unsaturated/α-hetero) is 1. The van der Waals surface area contributed by atoms with Gasteiger partial charge in [-0.05, 0) is 12.1 Å². The average molecular weight is 223 g/mol. The molecule has 0 spiro atoms. The minimum Gasteiger partial charge on any atom is -0.508 e. The second-order valence-corrected chi connectivity index (χ2v) is 3.45. The van der Waals surface area contributed by atoms with Crippen LogP contribution in [0.25, 0.3) is 10.9 Å². The first-order chi connectivity index (χ1) is 7.08. The molecule has 2 rings (SSSR count). The number of carbonyl (C=O) groups excluding carboxylic acids is 1. The van der Waals surface area contributed by atoms with Crippen LogP contribution in [-0.2, 0) is 0 Å². The van der Waals surface area contributed by atoms with E-state index in [0.29, 0.717) is 10.9 Å². The lowest BCUT2D eigenvalue weighted by Gasteiger charge is -2.02. The zero-order chi connectivity index (χ0) is 11.0. The molecule has 0 unspecified atom stereocenters. The van der Waals surface area contributed by atoms with Gasteiger partial charge in [0.2, 0.25) is 0 Å². The predicted molar refractivity (Wildman–Crippen MR) is 56.2 cm³/mol. The van der Waals surface area contributed by atoms with E-state index < -0.39 is 0 Å². The zero-order valence-corrected chi connectivity index (χ0v) is 8.62. The Balaban J connectivity index is 2.79. The Morgan fingerprint density at radius 2 is 2.13 bits per heavy atom. The van der Waals surface area contributed by atoms with Gasteiger partial charge in [-0.25, -0.2) is 9.97 Å². The van der Waals surface area contributed by atoms with E-state index in [4.69, 9.17) is 11.6 Å². The number of rotatable bonds is 1. The number of benzene rings is 1. The van der Waals surface area contributed by atoms with Crippen molar-refractivity contribution in [3.05, 3.63) is 29.2 Å². The third kappa shape index (κ3) is 1.76. The summed E-state index contributed by atoms with van der Waals surface area (Å²) >= 11 is 5.87. The van der Waals surface area contributed by atoms with Gasteiger partial charge in [0.1, 0.15) is 10.9 Å². The van der Waals surface area contributed by atoms with Crippen LogP contribution < -0.4 is 0 Å². The molecule has 1 N–H and O–H groups in total. The molecular formula is C10H7ClN2O2. The zero-order valence-electron chi connectivity index (χ0n) is 7.86. The number of fused-ring (bicyclic) bond motifs is 1. The van der Waals surface area contributed by atoms with Crippen LogP contribution >= 0.6 is 11.6 Å². The van der Waals surface area contributed by atoms with Gasteiger partial charge < -0.3 is 5.11 Å². The van der Waals surface area contributed by atoms with Crippen LogP contribution in [0.1, 0.15) is 17.5 Å². The van der Waals surface area contributed by atoms with E-state index in [1.165, 1.54) is 19.1 Å². The molecular weight excluding hydrogens is 216 g/mol. The lowest BCUT2D eigenvalue weighted by Crippen LogP contribution is -2.01. The molecule has 0 fully saturated rings. The van der Waals surface area contributed by atoms with E-state index in [1.54, 1.807) is 6.07 Å². The molecule has 0 amide bonds. The predicted octanol–water partition coefficient (Wildman–Crippen LogP) is 2.19. The fourth-order valence-corrected chi connectivity index (χ4v) is 1.48. The topological polar surface area (TPSA) is 63.1 Å². The summed E-state index contributed by atoms with van der Waals surface area (Å²) in [4.78, 5) is 18.9. The molecule has 4 nitrogen and oxygen atoms in total. The lowest BCUT2D eigenvalue weighted by atomic mass is 10.2. The van der Waals surface area contributed by atoms with Crippen molar-refractivity contribution in [3.63, 3.8) is 0 Å². The summed E-state index contributed by atoms with van der Waals surface area (Å²) in [7, 11) is 0. The Labute approximate surface area is 90.5 Å². The van der Waals surface area contributed by atoms with E-state index in [2.05, 4.69) is 9.97 Å². The molecule has 0 radical (unpaired) electrons. The first-order valence-electron chi connectivity index (χ1n) is 4.25. The van der Waals surface area contributed by atoms with Crippen molar-refractivity contribution < 1.29 is 9.90 Å². The molecule has 76 valence electrons. The van der Waals surface area contributed by atoms with E-state index in [0.717, 1.165) is 0 Å². The van der Waals surface area contributed by atoms with Gasteiger partial charge in [-0.3, -0.25) is 4.79 Å². The fourth-order valence-electron chi connectivity index (χ4n) is 1.24. The third-order valence-electron chi connectivity index (χ3n) is 1.95. The number of aromatic hydroxyl groups is 1. The number of ketones is 1. The normalized spacial score (nSPS) is 10.5. The van der Waals surface area contributed by atoms with Crippen molar-refractivity contribution >= 4 is 28.3 Å². The molecule has 15 heavy (non-hydrogen) atoms. The highest BCUT2D eigenvalue weighted by atomic mass is 35.5. The summed E-state index contributed by atoms with van der Waals surface area (Å²) in [5.41, 5.74) is 0.459. The first kappa shape index (κ1) is 9.86. The average Bonchev–Trinajstić information content (AvgIpc) is 2.16. The number of halogens is 1. The molecule has 0 aliphatic rings. The summed E-state index contributed by atoms with van der Waals surface area (Å²) in [6.45, 7) is 1.36. The number of hydrogen-bond donors (Lipinski definition) is 1. The Kier molecular flexibility index (Phi) is 2.28. The number of aromatic nitrogens is 2. The highest BCUT2D eigenvalue weighted by Gasteiger charge is 2.09. The number of phenolic OH excluding ortho intramolecular Hbond substituents is 1. The monoisotopic (exact) mass is 222 g/mol. The van der Waals surface area contributed by atoms with Gasteiger partial charge in [-0.1, -0.05) is 11.6 Å². The molecule has 1 heterocycles. The van der Waals surface area contributed by atoms with Gasteiger partial charge in [-0.2, -0.15) is 0 Å². The molecule has 5 heteroatoms. The van der Waals surface area contributed by atoms with E-state index >= 15 is 0 Å². The Morgan fingerprint density at radius 1 is 1.40 bits per heavy atom. The van der Waals surface area contributed by atoms with Crippen molar-refractivity contribution in [1.82, 2.24) is 9.97 Å². The maximum absolute atomic E-state index is 11.1. The number of phenols is 1. The minimum atomic E-state index is -0.262. The van der Waals surface area contributed by atoms with Crippen LogP contribution in [0.4, 0.5) is 0 Å². The van der Waals surface area contributed by atoms with Crippen LogP contribution in [0.5, 0.6) is 5.75 Å².